The van der Waals surface area contributed by atoms with Crippen LogP contribution in [0.1, 0.15) is 30.4 Å². The highest BCUT2D eigenvalue weighted by atomic mass is 19.1. The van der Waals surface area contributed by atoms with Crippen LogP contribution in [0.2, 0.25) is 0 Å². The number of hydrogen-bond donors (Lipinski definition) is 0. The Hall–Kier alpha value is -2.13. The molecule has 0 atom stereocenters. The summed E-state index contributed by atoms with van der Waals surface area (Å²) in [5.74, 6) is -0.117. The maximum absolute atomic E-state index is 15.2. The van der Waals surface area contributed by atoms with Gasteiger partial charge < -0.3 is 0 Å². The minimum atomic E-state index is -0.117. The van der Waals surface area contributed by atoms with E-state index in [0.29, 0.717) is 18.7 Å². The molecule has 126 valence electrons. The summed E-state index contributed by atoms with van der Waals surface area (Å²) in [5, 5.41) is 4.31. The van der Waals surface area contributed by atoms with Crippen molar-refractivity contribution in [3.63, 3.8) is 0 Å². The fourth-order valence-corrected chi connectivity index (χ4v) is 3.32. The number of piperidine rings is 1. The number of halogens is 1. The molecule has 0 aromatic heterocycles. The Morgan fingerprint density at radius 3 is 2.46 bits per heavy atom. The highest BCUT2D eigenvalue weighted by molar-refractivity contribution is 5.51. The average Bonchev–Trinajstić information content (AvgIpc) is 2.63. The molecule has 0 bridgehead atoms. The van der Waals surface area contributed by atoms with E-state index in [1.807, 2.05) is 54.6 Å². The van der Waals surface area contributed by atoms with Crippen LogP contribution in [-0.2, 0) is 6.42 Å². The Labute approximate surface area is 144 Å². The third kappa shape index (κ3) is 3.85. The molecule has 0 spiro atoms. The van der Waals surface area contributed by atoms with Crippen LogP contribution in [0.3, 0.4) is 0 Å². The molecule has 3 heteroatoms. The first-order valence-electron chi connectivity index (χ1n) is 8.74. The van der Waals surface area contributed by atoms with Gasteiger partial charge in [-0.05, 0) is 30.0 Å². The fourth-order valence-electron chi connectivity index (χ4n) is 3.32. The number of hydrogen-bond acceptors (Lipinski definition) is 2. The van der Waals surface area contributed by atoms with E-state index in [4.69, 9.17) is 0 Å². The highest BCUT2D eigenvalue weighted by Crippen LogP contribution is 2.27. The van der Waals surface area contributed by atoms with Gasteiger partial charge in [0.2, 0.25) is 0 Å². The molecule has 0 unspecified atom stereocenters. The molecular weight excluding hydrogens is 299 g/mol. The van der Waals surface area contributed by atoms with Gasteiger partial charge in [0.25, 0.3) is 0 Å². The minimum Gasteiger partial charge on any atom is -0.299 e. The molecule has 1 aliphatic rings. The van der Waals surface area contributed by atoms with Crippen molar-refractivity contribution in [1.82, 2.24) is 5.01 Å². The van der Waals surface area contributed by atoms with Crippen molar-refractivity contribution in [2.45, 2.75) is 25.7 Å². The highest BCUT2D eigenvalue weighted by Gasteiger charge is 2.21. The van der Waals surface area contributed by atoms with Gasteiger partial charge in [0.1, 0.15) is 0 Å². The predicted octanol–water partition coefficient (Wildman–Crippen LogP) is 4.81. The number of benzene rings is 2. The monoisotopic (exact) mass is 324 g/mol. The smallest absolute Gasteiger partial charge is 0.151 e. The summed E-state index contributed by atoms with van der Waals surface area (Å²) in [5.41, 5.74) is 2.52. The Kier molecular flexibility index (Phi) is 5.65. The SMILES string of the molecule is C=CCN(c1cccc(Cc2ccccc2)c1F)N1CCCCC1. The van der Waals surface area contributed by atoms with E-state index >= 15 is 4.39 Å². The lowest BCUT2D eigenvalue weighted by atomic mass is 10.0. The van der Waals surface area contributed by atoms with Crippen LogP contribution in [0.4, 0.5) is 10.1 Å². The molecule has 0 amide bonds. The summed E-state index contributed by atoms with van der Waals surface area (Å²) in [6.45, 7) is 6.45. The first-order valence-corrected chi connectivity index (χ1v) is 8.74. The van der Waals surface area contributed by atoms with Crippen molar-refractivity contribution in [3.8, 4) is 0 Å². The summed E-state index contributed by atoms with van der Waals surface area (Å²) in [7, 11) is 0. The Balaban J connectivity index is 1.88. The van der Waals surface area contributed by atoms with Gasteiger partial charge >= 0.3 is 0 Å². The first kappa shape index (κ1) is 16.7. The van der Waals surface area contributed by atoms with Crippen LogP contribution in [0.5, 0.6) is 0 Å². The van der Waals surface area contributed by atoms with E-state index in [1.54, 1.807) is 0 Å². The second-order valence-electron chi connectivity index (χ2n) is 6.30. The summed E-state index contributed by atoms with van der Waals surface area (Å²) < 4.78 is 15.2. The van der Waals surface area contributed by atoms with Gasteiger partial charge in [-0.1, -0.05) is 55.0 Å². The van der Waals surface area contributed by atoms with Gasteiger partial charge in [0, 0.05) is 19.5 Å². The van der Waals surface area contributed by atoms with Crippen molar-refractivity contribution >= 4 is 5.69 Å². The lowest BCUT2D eigenvalue weighted by Gasteiger charge is -2.38. The molecule has 1 heterocycles. The van der Waals surface area contributed by atoms with Crippen molar-refractivity contribution < 1.29 is 4.39 Å². The fraction of sp³-hybridized carbons (Fsp3) is 0.333. The summed E-state index contributed by atoms with van der Waals surface area (Å²) in [6, 6.07) is 15.8. The molecule has 24 heavy (non-hydrogen) atoms. The Bertz CT molecular complexity index is 663. The van der Waals surface area contributed by atoms with Crippen LogP contribution in [-0.4, -0.2) is 24.6 Å². The number of nitrogens with zero attached hydrogens (tertiary/aromatic N) is 2. The van der Waals surface area contributed by atoms with E-state index in [1.165, 1.54) is 19.3 Å². The molecular formula is C21H25FN2. The molecule has 0 N–H and O–H groups in total. The molecule has 0 saturated carbocycles. The van der Waals surface area contributed by atoms with Gasteiger partial charge in [-0.3, -0.25) is 5.01 Å². The summed E-state index contributed by atoms with van der Waals surface area (Å²) in [6.07, 6.45) is 6.05. The summed E-state index contributed by atoms with van der Waals surface area (Å²) in [4.78, 5) is 0. The average molecular weight is 324 g/mol. The molecule has 1 aliphatic heterocycles. The second-order valence-corrected chi connectivity index (χ2v) is 6.30. The number of hydrazine groups is 1. The zero-order chi connectivity index (χ0) is 16.8. The van der Waals surface area contributed by atoms with Crippen LogP contribution >= 0.6 is 0 Å². The quantitative estimate of drug-likeness (QED) is 0.704. The van der Waals surface area contributed by atoms with Crippen LogP contribution in [0, 0.1) is 5.82 Å². The van der Waals surface area contributed by atoms with E-state index in [2.05, 4.69) is 16.6 Å². The van der Waals surface area contributed by atoms with E-state index < -0.39 is 0 Å². The molecule has 1 saturated heterocycles. The van der Waals surface area contributed by atoms with Gasteiger partial charge in [-0.15, -0.1) is 6.58 Å². The van der Waals surface area contributed by atoms with Crippen LogP contribution in [0.15, 0.2) is 61.2 Å². The molecule has 2 aromatic rings. The van der Waals surface area contributed by atoms with Crippen molar-refractivity contribution in [1.29, 1.82) is 0 Å². The molecule has 3 rings (SSSR count). The first-order chi connectivity index (χ1) is 11.8. The third-order valence-electron chi connectivity index (χ3n) is 4.55. The van der Waals surface area contributed by atoms with Crippen molar-refractivity contribution in [3.05, 3.63) is 78.1 Å². The van der Waals surface area contributed by atoms with Crippen LogP contribution in [0.25, 0.3) is 0 Å². The number of rotatable bonds is 6. The standard InChI is InChI=1S/C21H25FN2/c1-2-14-24(23-15-7-4-8-16-23)20-13-9-12-19(21(20)22)17-18-10-5-3-6-11-18/h2-3,5-6,9-13H,1,4,7-8,14-17H2. The van der Waals surface area contributed by atoms with Gasteiger partial charge in [-0.2, -0.15) is 0 Å². The lowest BCUT2D eigenvalue weighted by molar-refractivity contribution is 0.212. The van der Waals surface area contributed by atoms with Gasteiger partial charge in [0.15, 0.2) is 5.82 Å². The van der Waals surface area contributed by atoms with Crippen molar-refractivity contribution in [2.75, 3.05) is 24.6 Å². The largest absolute Gasteiger partial charge is 0.299 e. The predicted molar refractivity (Wildman–Crippen MR) is 98.6 cm³/mol. The van der Waals surface area contributed by atoms with Crippen LogP contribution < -0.4 is 5.01 Å². The Morgan fingerprint density at radius 2 is 1.75 bits per heavy atom. The second kappa shape index (κ2) is 8.11. The van der Waals surface area contributed by atoms with Gasteiger partial charge in [-0.25, -0.2) is 9.40 Å². The molecule has 0 radical (unpaired) electrons. The van der Waals surface area contributed by atoms with E-state index in [-0.39, 0.29) is 5.82 Å². The Morgan fingerprint density at radius 1 is 1.00 bits per heavy atom. The minimum absolute atomic E-state index is 0.117. The van der Waals surface area contributed by atoms with Gasteiger partial charge in [0.05, 0.1) is 12.2 Å². The maximum atomic E-state index is 15.2. The third-order valence-corrected chi connectivity index (χ3v) is 4.55. The zero-order valence-electron chi connectivity index (χ0n) is 14.1. The van der Waals surface area contributed by atoms with E-state index in [0.717, 1.165) is 24.2 Å². The lowest BCUT2D eigenvalue weighted by Crippen LogP contribution is -2.46. The van der Waals surface area contributed by atoms with Crippen molar-refractivity contribution in [2.24, 2.45) is 0 Å². The maximum Gasteiger partial charge on any atom is 0.151 e. The molecule has 2 aromatic carbocycles. The van der Waals surface area contributed by atoms with E-state index in [9.17, 15) is 0 Å². The molecule has 0 aliphatic carbocycles. The normalized spacial score (nSPS) is 15.2. The topological polar surface area (TPSA) is 6.48 Å². The summed E-state index contributed by atoms with van der Waals surface area (Å²) >= 11 is 0. The zero-order valence-corrected chi connectivity index (χ0v) is 14.1. The molecule has 1 fully saturated rings. The molecule has 2 nitrogen and oxygen atoms in total. The number of anilines is 1.